The van der Waals surface area contributed by atoms with Crippen molar-refractivity contribution in [3.63, 3.8) is 0 Å². The number of carbonyl (C=O) groups excluding carboxylic acids is 3. The van der Waals surface area contributed by atoms with E-state index in [0.29, 0.717) is 44.2 Å². The molecule has 130 valence electrons. The molecule has 1 aromatic carbocycles. The molecule has 0 aliphatic carbocycles. The zero-order chi connectivity index (χ0) is 17.7. The quantitative estimate of drug-likeness (QED) is 0.798. The summed E-state index contributed by atoms with van der Waals surface area (Å²) >= 11 is 0. The van der Waals surface area contributed by atoms with Gasteiger partial charge in [0.2, 0.25) is 0 Å². The number of piperazine rings is 1. The van der Waals surface area contributed by atoms with Crippen molar-refractivity contribution < 1.29 is 14.4 Å². The van der Waals surface area contributed by atoms with Crippen molar-refractivity contribution in [2.75, 3.05) is 26.2 Å². The molecule has 0 unspecified atom stereocenters. The topological polar surface area (TPSA) is 69.7 Å². The maximum atomic E-state index is 12.1. The van der Waals surface area contributed by atoms with Gasteiger partial charge in [0, 0.05) is 38.3 Å². The SMILES string of the molecule is CCN1CCN(Cc2ccc(C(=O)NCC(C)C)cc2)C(=O)C1=O. The Morgan fingerprint density at radius 3 is 2.25 bits per heavy atom. The fourth-order valence-corrected chi connectivity index (χ4v) is 2.55. The second-order valence-corrected chi connectivity index (χ2v) is 6.41. The largest absolute Gasteiger partial charge is 0.352 e. The summed E-state index contributed by atoms with van der Waals surface area (Å²) in [5, 5.41) is 2.87. The fourth-order valence-electron chi connectivity index (χ4n) is 2.55. The summed E-state index contributed by atoms with van der Waals surface area (Å²) in [6, 6.07) is 7.15. The van der Waals surface area contributed by atoms with E-state index in [2.05, 4.69) is 5.32 Å². The van der Waals surface area contributed by atoms with E-state index in [0.717, 1.165) is 5.56 Å². The van der Waals surface area contributed by atoms with Crippen LogP contribution < -0.4 is 5.32 Å². The van der Waals surface area contributed by atoms with Crippen molar-refractivity contribution in [3.05, 3.63) is 35.4 Å². The summed E-state index contributed by atoms with van der Waals surface area (Å²) in [7, 11) is 0. The lowest BCUT2D eigenvalue weighted by Crippen LogP contribution is -2.53. The first kappa shape index (κ1) is 18.0. The van der Waals surface area contributed by atoms with Crippen LogP contribution in [-0.4, -0.2) is 53.7 Å². The molecule has 0 radical (unpaired) electrons. The molecule has 0 saturated carbocycles. The molecule has 1 N–H and O–H groups in total. The van der Waals surface area contributed by atoms with E-state index in [1.165, 1.54) is 0 Å². The number of rotatable bonds is 6. The number of nitrogens with zero attached hydrogens (tertiary/aromatic N) is 2. The van der Waals surface area contributed by atoms with Crippen molar-refractivity contribution in [2.24, 2.45) is 5.92 Å². The molecule has 0 bridgehead atoms. The summed E-state index contributed by atoms with van der Waals surface area (Å²) in [5.41, 5.74) is 1.50. The Kier molecular flexibility index (Phi) is 5.95. The molecule has 2 rings (SSSR count). The average Bonchev–Trinajstić information content (AvgIpc) is 2.57. The highest BCUT2D eigenvalue weighted by molar-refractivity contribution is 6.35. The molecule has 0 aromatic heterocycles. The Morgan fingerprint density at radius 1 is 1.08 bits per heavy atom. The first-order valence-electron chi connectivity index (χ1n) is 8.37. The molecule has 24 heavy (non-hydrogen) atoms. The number of carbonyl (C=O) groups is 3. The van der Waals surface area contributed by atoms with Gasteiger partial charge in [-0.15, -0.1) is 0 Å². The van der Waals surface area contributed by atoms with Gasteiger partial charge in [-0.3, -0.25) is 14.4 Å². The highest BCUT2D eigenvalue weighted by Crippen LogP contribution is 2.12. The summed E-state index contributed by atoms with van der Waals surface area (Å²) in [5.74, 6) is -0.591. The van der Waals surface area contributed by atoms with E-state index in [9.17, 15) is 14.4 Å². The van der Waals surface area contributed by atoms with E-state index < -0.39 is 11.8 Å². The van der Waals surface area contributed by atoms with E-state index in [4.69, 9.17) is 0 Å². The molecule has 6 heteroatoms. The van der Waals surface area contributed by atoms with Crippen molar-refractivity contribution >= 4 is 17.7 Å². The number of nitrogens with one attached hydrogen (secondary N) is 1. The van der Waals surface area contributed by atoms with E-state index >= 15 is 0 Å². The van der Waals surface area contributed by atoms with Gasteiger partial charge in [0.05, 0.1) is 0 Å². The third kappa shape index (κ3) is 4.34. The van der Waals surface area contributed by atoms with Crippen LogP contribution in [0.15, 0.2) is 24.3 Å². The molecule has 0 atom stereocenters. The van der Waals surface area contributed by atoms with Crippen LogP contribution in [0.3, 0.4) is 0 Å². The molecule has 1 aliphatic rings. The van der Waals surface area contributed by atoms with Gasteiger partial charge < -0.3 is 15.1 Å². The minimum atomic E-state index is -0.457. The minimum Gasteiger partial charge on any atom is -0.352 e. The van der Waals surface area contributed by atoms with Gasteiger partial charge in [-0.25, -0.2) is 0 Å². The van der Waals surface area contributed by atoms with Crippen LogP contribution in [0.1, 0.15) is 36.7 Å². The predicted octanol–water partition coefficient (Wildman–Crippen LogP) is 1.26. The predicted molar refractivity (Wildman–Crippen MR) is 91.3 cm³/mol. The van der Waals surface area contributed by atoms with Crippen molar-refractivity contribution in [1.82, 2.24) is 15.1 Å². The molecular weight excluding hydrogens is 306 g/mol. The highest BCUT2D eigenvalue weighted by Gasteiger charge is 2.31. The van der Waals surface area contributed by atoms with Crippen LogP contribution in [-0.2, 0) is 16.1 Å². The number of benzene rings is 1. The molecule has 1 aliphatic heterocycles. The Bertz CT molecular complexity index is 610. The molecule has 1 heterocycles. The number of likely N-dealkylation sites (N-methyl/N-ethyl adjacent to an activating group) is 1. The van der Waals surface area contributed by atoms with Crippen LogP contribution >= 0.6 is 0 Å². The lowest BCUT2D eigenvalue weighted by atomic mass is 10.1. The van der Waals surface area contributed by atoms with Gasteiger partial charge in [-0.2, -0.15) is 0 Å². The fraction of sp³-hybridized carbons (Fsp3) is 0.500. The van der Waals surface area contributed by atoms with Crippen molar-refractivity contribution in [2.45, 2.75) is 27.3 Å². The number of amides is 3. The second kappa shape index (κ2) is 7.95. The van der Waals surface area contributed by atoms with Gasteiger partial charge in [-0.1, -0.05) is 26.0 Å². The van der Waals surface area contributed by atoms with Gasteiger partial charge in [0.25, 0.3) is 5.91 Å². The lowest BCUT2D eigenvalue weighted by molar-refractivity contribution is -0.156. The zero-order valence-corrected chi connectivity index (χ0v) is 14.5. The zero-order valence-electron chi connectivity index (χ0n) is 14.5. The van der Waals surface area contributed by atoms with Crippen LogP contribution in [0, 0.1) is 5.92 Å². The third-order valence-electron chi connectivity index (χ3n) is 4.04. The van der Waals surface area contributed by atoms with Gasteiger partial charge in [0.15, 0.2) is 0 Å². The normalized spacial score (nSPS) is 15.2. The lowest BCUT2D eigenvalue weighted by Gasteiger charge is -2.33. The second-order valence-electron chi connectivity index (χ2n) is 6.41. The van der Waals surface area contributed by atoms with Gasteiger partial charge in [0.1, 0.15) is 0 Å². The van der Waals surface area contributed by atoms with Crippen molar-refractivity contribution in [3.8, 4) is 0 Å². The molecule has 1 fully saturated rings. The highest BCUT2D eigenvalue weighted by atomic mass is 16.2. The monoisotopic (exact) mass is 331 g/mol. The average molecular weight is 331 g/mol. The first-order valence-corrected chi connectivity index (χ1v) is 8.37. The van der Waals surface area contributed by atoms with Crippen LogP contribution in [0.4, 0.5) is 0 Å². The Labute approximate surface area is 142 Å². The number of hydrogen-bond donors (Lipinski definition) is 1. The molecule has 1 saturated heterocycles. The summed E-state index contributed by atoms with van der Waals surface area (Å²) in [6.07, 6.45) is 0. The smallest absolute Gasteiger partial charge is 0.312 e. The first-order chi connectivity index (χ1) is 11.4. The maximum absolute atomic E-state index is 12.1. The van der Waals surface area contributed by atoms with E-state index in [1.807, 2.05) is 32.9 Å². The van der Waals surface area contributed by atoms with Crippen LogP contribution in [0.2, 0.25) is 0 Å². The Hall–Kier alpha value is -2.37. The molecule has 0 spiro atoms. The Morgan fingerprint density at radius 2 is 1.67 bits per heavy atom. The van der Waals surface area contributed by atoms with Crippen LogP contribution in [0.25, 0.3) is 0 Å². The summed E-state index contributed by atoms with van der Waals surface area (Å²) in [6.45, 7) is 8.63. The molecule has 1 aromatic rings. The van der Waals surface area contributed by atoms with Crippen LogP contribution in [0.5, 0.6) is 0 Å². The standard InChI is InChI=1S/C18H25N3O3/c1-4-20-9-10-21(18(24)17(20)23)12-14-5-7-15(8-6-14)16(22)19-11-13(2)3/h5-8,13H,4,9-12H2,1-3H3,(H,19,22). The molecule has 6 nitrogen and oxygen atoms in total. The van der Waals surface area contributed by atoms with E-state index in [-0.39, 0.29) is 5.91 Å². The van der Waals surface area contributed by atoms with E-state index in [1.54, 1.807) is 21.9 Å². The Balaban J connectivity index is 1.95. The molecular formula is C18H25N3O3. The van der Waals surface area contributed by atoms with Gasteiger partial charge >= 0.3 is 11.8 Å². The number of hydrogen-bond acceptors (Lipinski definition) is 3. The molecule has 3 amide bonds. The minimum absolute atomic E-state index is 0.0990. The summed E-state index contributed by atoms with van der Waals surface area (Å²) < 4.78 is 0. The van der Waals surface area contributed by atoms with Gasteiger partial charge in [-0.05, 0) is 30.5 Å². The third-order valence-corrected chi connectivity index (χ3v) is 4.04. The maximum Gasteiger partial charge on any atom is 0.312 e. The summed E-state index contributed by atoms with van der Waals surface area (Å²) in [4.78, 5) is 39.1. The van der Waals surface area contributed by atoms with Crippen molar-refractivity contribution in [1.29, 1.82) is 0 Å².